The Morgan fingerprint density at radius 1 is 1.35 bits per heavy atom. The largest absolute Gasteiger partial charge is 0.351 e. The number of aryl methyl sites for hydroxylation is 1. The number of urea groups is 1. The number of carbonyl (C=O) groups is 1. The summed E-state index contributed by atoms with van der Waals surface area (Å²) < 4.78 is 0. The van der Waals surface area contributed by atoms with Gasteiger partial charge in [0.2, 0.25) is 0 Å². The van der Waals surface area contributed by atoms with Gasteiger partial charge in [0.25, 0.3) is 0 Å². The molecule has 1 atom stereocenters. The molecular formula is C16H25N3O. The predicted octanol–water partition coefficient (Wildman–Crippen LogP) is 2.58. The number of nitrogens with zero attached hydrogens (tertiary/aromatic N) is 1. The fourth-order valence-corrected chi connectivity index (χ4v) is 2.80. The monoisotopic (exact) mass is 275 g/mol. The number of nitrogens with two attached hydrogens (primary N) is 1. The Balaban J connectivity index is 1.91. The van der Waals surface area contributed by atoms with E-state index < -0.39 is 0 Å². The van der Waals surface area contributed by atoms with E-state index in [1.54, 1.807) is 4.90 Å². The molecule has 2 rings (SSSR count). The van der Waals surface area contributed by atoms with Crippen molar-refractivity contribution in [3.05, 3.63) is 35.4 Å². The molecule has 0 saturated carbocycles. The average molecular weight is 275 g/mol. The number of piperidine rings is 1. The van der Waals surface area contributed by atoms with Gasteiger partial charge in [0.1, 0.15) is 0 Å². The number of amides is 2. The van der Waals surface area contributed by atoms with Crippen molar-refractivity contribution in [2.45, 2.75) is 45.2 Å². The van der Waals surface area contributed by atoms with Gasteiger partial charge in [0, 0.05) is 25.2 Å². The van der Waals surface area contributed by atoms with Gasteiger partial charge >= 0.3 is 6.03 Å². The molecule has 0 aromatic heterocycles. The maximum atomic E-state index is 11.1. The molecule has 110 valence electrons. The Morgan fingerprint density at radius 2 is 1.95 bits per heavy atom. The van der Waals surface area contributed by atoms with Gasteiger partial charge in [-0.1, -0.05) is 36.8 Å². The van der Waals surface area contributed by atoms with Crippen LogP contribution >= 0.6 is 0 Å². The highest BCUT2D eigenvalue weighted by molar-refractivity contribution is 5.72. The highest BCUT2D eigenvalue weighted by atomic mass is 16.2. The van der Waals surface area contributed by atoms with Gasteiger partial charge in [-0.2, -0.15) is 0 Å². The minimum atomic E-state index is -0.297. The van der Waals surface area contributed by atoms with Gasteiger partial charge in [-0.05, 0) is 31.7 Å². The number of primary amides is 1. The Bertz CT molecular complexity index is 436. The van der Waals surface area contributed by atoms with Gasteiger partial charge < -0.3 is 16.0 Å². The summed E-state index contributed by atoms with van der Waals surface area (Å²) >= 11 is 0. The molecule has 1 aliphatic rings. The van der Waals surface area contributed by atoms with Gasteiger partial charge in [0.05, 0.1) is 0 Å². The molecule has 1 fully saturated rings. The molecule has 1 aliphatic heterocycles. The first-order valence-corrected chi connectivity index (χ1v) is 7.47. The van der Waals surface area contributed by atoms with Crippen molar-refractivity contribution in [1.82, 2.24) is 10.2 Å². The number of likely N-dealkylation sites (tertiary alicyclic amines) is 1. The first kappa shape index (κ1) is 14.9. The van der Waals surface area contributed by atoms with Crippen LogP contribution in [0.5, 0.6) is 0 Å². The smallest absolute Gasteiger partial charge is 0.314 e. The Morgan fingerprint density at radius 3 is 2.45 bits per heavy atom. The molecule has 0 radical (unpaired) electrons. The number of hydrogen-bond acceptors (Lipinski definition) is 2. The summed E-state index contributed by atoms with van der Waals surface area (Å²) in [7, 11) is 0. The summed E-state index contributed by atoms with van der Waals surface area (Å²) in [5, 5.41) is 3.72. The minimum Gasteiger partial charge on any atom is -0.351 e. The molecule has 20 heavy (non-hydrogen) atoms. The predicted molar refractivity (Wildman–Crippen MR) is 81.5 cm³/mol. The van der Waals surface area contributed by atoms with Crippen LogP contribution in [-0.4, -0.2) is 30.1 Å². The second kappa shape index (κ2) is 6.75. The molecular weight excluding hydrogens is 250 g/mol. The molecule has 1 saturated heterocycles. The van der Waals surface area contributed by atoms with Crippen molar-refractivity contribution in [2.75, 3.05) is 13.1 Å². The number of rotatable bonds is 4. The SMILES string of the molecule is CCC(NC1CCN(C(N)=O)CC1)c1ccc(C)cc1. The quantitative estimate of drug-likeness (QED) is 0.887. The highest BCUT2D eigenvalue weighted by Gasteiger charge is 2.23. The van der Waals surface area contributed by atoms with Crippen molar-refractivity contribution in [3.8, 4) is 0 Å². The first-order chi connectivity index (χ1) is 9.60. The normalized spacial score (nSPS) is 18.0. The summed E-state index contributed by atoms with van der Waals surface area (Å²) in [4.78, 5) is 12.8. The molecule has 1 aromatic carbocycles. The van der Waals surface area contributed by atoms with Crippen molar-refractivity contribution in [3.63, 3.8) is 0 Å². The fourth-order valence-electron chi connectivity index (χ4n) is 2.80. The minimum absolute atomic E-state index is 0.297. The van der Waals surface area contributed by atoms with E-state index in [1.165, 1.54) is 11.1 Å². The zero-order valence-electron chi connectivity index (χ0n) is 12.4. The molecule has 4 heteroatoms. The molecule has 1 heterocycles. The van der Waals surface area contributed by atoms with Gasteiger partial charge in [-0.15, -0.1) is 0 Å². The molecule has 2 amide bonds. The molecule has 4 nitrogen and oxygen atoms in total. The maximum Gasteiger partial charge on any atom is 0.314 e. The van der Waals surface area contributed by atoms with Crippen molar-refractivity contribution in [1.29, 1.82) is 0 Å². The highest BCUT2D eigenvalue weighted by Crippen LogP contribution is 2.20. The van der Waals surface area contributed by atoms with Crippen LogP contribution in [0.1, 0.15) is 43.4 Å². The lowest BCUT2D eigenvalue weighted by Gasteiger charge is -2.33. The van der Waals surface area contributed by atoms with E-state index in [0.717, 1.165) is 32.4 Å². The van der Waals surface area contributed by atoms with E-state index >= 15 is 0 Å². The van der Waals surface area contributed by atoms with Gasteiger partial charge in [-0.3, -0.25) is 0 Å². The first-order valence-electron chi connectivity index (χ1n) is 7.47. The van der Waals surface area contributed by atoms with Crippen LogP contribution in [-0.2, 0) is 0 Å². The van der Waals surface area contributed by atoms with E-state index in [9.17, 15) is 4.79 Å². The van der Waals surface area contributed by atoms with Gasteiger partial charge in [0.15, 0.2) is 0 Å². The molecule has 0 aliphatic carbocycles. The third-order valence-corrected chi connectivity index (χ3v) is 4.13. The van der Waals surface area contributed by atoms with Crippen LogP contribution in [0, 0.1) is 6.92 Å². The Labute approximate surface area is 121 Å². The van der Waals surface area contributed by atoms with Gasteiger partial charge in [-0.25, -0.2) is 4.79 Å². The maximum absolute atomic E-state index is 11.1. The van der Waals surface area contributed by atoms with Crippen molar-refractivity contribution >= 4 is 6.03 Å². The van der Waals surface area contributed by atoms with Crippen molar-refractivity contribution in [2.24, 2.45) is 5.73 Å². The molecule has 1 unspecified atom stereocenters. The summed E-state index contributed by atoms with van der Waals surface area (Å²) in [6, 6.07) is 9.29. The topological polar surface area (TPSA) is 58.4 Å². The number of hydrogen-bond donors (Lipinski definition) is 2. The van der Waals surface area contributed by atoms with Crippen LogP contribution in [0.4, 0.5) is 4.79 Å². The number of carbonyl (C=O) groups excluding carboxylic acids is 1. The van der Waals surface area contributed by atoms with Crippen LogP contribution in [0.25, 0.3) is 0 Å². The molecule has 3 N–H and O–H groups in total. The fraction of sp³-hybridized carbons (Fsp3) is 0.562. The van der Waals surface area contributed by atoms with E-state index in [0.29, 0.717) is 12.1 Å². The van der Waals surface area contributed by atoms with E-state index in [-0.39, 0.29) is 6.03 Å². The lowest BCUT2D eigenvalue weighted by Crippen LogP contribution is -2.47. The Kier molecular flexibility index (Phi) is 5.01. The summed E-state index contributed by atoms with van der Waals surface area (Å²) in [6.07, 6.45) is 3.02. The van der Waals surface area contributed by atoms with E-state index in [2.05, 4.69) is 43.4 Å². The van der Waals surface area contributed by atoms with Crippen LogP contribution in [0.15, 0.2) is 24.3 Å². The van der Waals surface area contributed by atoms with Crippen LogP contribution < -0.4 is 11.1 Å². The van der Waals surface area contributed by atoms with Crippen LogP contribution in [0.2, 0.25) is 0 Å². The average Bonchev–Trinajstić information content (AvgIpc) is 2.46. The summed E-state index contributed by atoms with van der Waals surface area (Å²) in [5.74, 6) is 0. The number of benzene rings is 1. The summed E-state index contributed by atoms with van der Waals surface area (Å²) in [6.45, 7) is 5.84. The molecule has 0 spiro atoms. The zero-order chi connectivity index (χ0) is 14.5. The molecule has 1 aromatic rings. The Hall–Kier alpha value is -1.55. The van der Waals surface area contributed by atoms with Crippen molar-refractivity contribution < 1.29 is 4.79 Å². The third kappa shape index (κ3) is 3.73. The second-order valence-corrected chi connectivity index (χ2v) is 5.64. The standard InChI is InChI=1S/C16H25N3O/c1-3-15(13-6-4-12(2)5-7-13)18-14-8-10-19(11-9-14)16(17)20/h4-7,14-15,18H,3,8-11H2,1-2H3,(H2,17,20). The molecule has 0 bridgehead atoms. The van der Waals surface area contributed by atoms with Crippen LogP contribution in [0.3, 0.4) is 0 Å². The lowest BCUT2D eigenvalue weighted by molar-refractivity contribution is 0.182. The lowest BCUT2D eigenvalue weighted by atomic mass is 9.99. The number of nitrogens with one attached hydrogen (secondary N) is 1. The van der Waals surface area contributed by atoms with E-state index in [1.807, 2.05) is 0 Å². The summed E-state index contributed by atoms with van der Waals surface area (Å²) in [5.41, 5.74) is 7.94. The third-order valence-electron chi connectivity index (χ3n) is 4.13. The van der Waals surface area contributed by atoms with E-state index in [4.69, 9.17) is 5.73 Å². The zero-order valence-corrected chi connectivity index (χ0v) is 12.4. The second-order valence-electron chi connectivity index (χ2n) is 5.64.